The molecule has 0 unspecified atom stereocenters. The maximum absolute atomic E-state index is 11.9. The maximum Gasteiger partial charge on any atom is 0.303 e. The summed E-state index contributed by atoms with van der Waals surface area (Å²) in [5.41, 5.74) is 5.99. The maximum atomic E-state index is 11.9. The van der Waals surface area contributed by atoms with Crippen molar-refractivity contribution >= 4 is 23.0 Å². The summed E-state index contributed by atoms with van der Waals surface area (Å²) in [6.45, 7) is 3.94. The number of rotatable bonds is 10. The second-order valence-corrected chi connectivity index (χ2v) is 7.91. The molecule has 0 aromatic heterocycles. The number of esters is 1. The number of carbonyl (C=O) groups is 2. The third-order valence-corrected chi connectivity index (χ3v) is 5.50. The van der Waals surface area contributed by atoms with Gasteiger partial charge in [-0.2, -0.15) is 0 Å². The van der Waals surface area contributed by atoms with Crippen LogP contribution in [-0.4, -0.2) is 43.6 Å². The van der Waals surface area contributed by atoms with Gasteiger partial charge in [-0.05, 0) is 46.4 Å². The van der Waals surface area contributed by atoms with Crippen molar-refractivity contribution in [1.82, 2.24) is 4.90 Å². The van der Waals surface area contributed by atoms with E-state index in [0.29, 0.717) is 13.2 Å². The van der Waals surface area contributed by atoms with E-state index in [0.717, 1.165) is 17.7 Å². The molecular weight excluding hydrogens is 426 g/mol. The van der Waals surface area contributed by atoms with Crippen molar-refractivity contribution in [3.05, 3.63) is 102 Å². The molecule has 0 saturated carbocycles. The van der Waals surface area contributed by atoms with Gasteiger partial charge in [-0.25, -0.2) is 0 Å². The fraction of sp³-hybridized carbons (Fsp3) is 0.241. The van der Waals surface area contributed by atoms with Crippen molar-refractivity contribution in [3.63, 3.8) is 0 Å². The fourth-order valence-corrected chi connectivity index (χ4v) is 3.70. The first-order chi connectivity index (χ1) is 16.5. The number of amides is 1. The Kier molecular flexibility index (Phi) is 9.04. The average molecular weight is 458 g/mol. The first-order valence-corrected chi connectivity index (χ1v) is 11.4. The van der Waals surface area contributed by atoms with E-state index >= 15 is 0 Å². The molecule has 34 heavy (non-hydrogen) atoms. The van der Waals surface area contributed by atoms with E-state index in [1.165, 1.54) is 34.1 Å². The monoisotopic (exact) mass is 457 g/mol. The molecule has 0 saturated heterocycles. The molecule has 176 valence electrons. The third kappa shape index (κ3) is 6.82. The van der Waals surface area contributed by atoms with Crippen LogP contribution in [0.3, 0.4) is 0 Å². The zero-order valence-electron chi connectivity index (χ0n) is 20.0. The molecule has 0 spiro atoms. The van der Waals surface area contributed by atoms with Crippen LogP contribution in [0.4, 0.5) is 0 Å². The van der Waals surface area contributed by atoms with E-state index in [2.05, 4.69) is 67.6 Å². The van der Waals surface area contributed by atoms with Gasteiger partial charge in [0, 0.05) is 14.0 Å². The number of likely N-dealkylation sites (N-methyl/N-ethyl adjacent to an activating group) is 1. The van der Waals surface area contributed by atoms with Crippen molar-refractivity contribution in [2.75, 3.05) is 26.8 Å². The zero-order valence-corrected chi connectivity index (χ0v) is 20.0. The molecule has 0 atom stereocenters. The molecule has 0 aliphatic carbocycles. The Hall–Kier alpha value is -3.86. The Morgan fingerprint density at radius 3 is 1.91 bits per heavy atom. The summed E-state index contributed by atoms with van der Waals surface area (Å²) in [5.74, 6) is -0.00458. The molecule has 0 bridgehead atoms. The van der Waals surface area contributed by atoms with Crippen LogP contribution in [0.2, 0.25) is 0 Å². The molecule has 3 rings (SSSR count). The number of benzene rings is 3. The number of nitrogens with zero attached hydrogens (tertiary/aromatic N) is 1. The van der Waals surface area contributed by atoms with E-state index in [-0.39, 0.29) is 12.5 Å². The highest BCUT2D eigenvalue weighted by Crippen LogP contribution is 2.34. The molecule has 0 fully saturated rings. The van der Waals surface area contributed by atoms with Crippen LogP contribution in [0, 0.1) is 0 Å². The lowest BCUT2D eigenvalue weighted by atomic mass is 9.88. The predicted molar refractivity (Wildman–Crippen MR) is 135 cm³/mol. The first-order valence-electron chi connectivity index (χ1n) is 11.4. The number of carbonyl (C=O) groups excluding carboxylic acids is 2. The smallest absolute Gasteiger partial charge is 0.303 e. The Balaban J connectivity index is 1.76. The molecule has 5 heteroatoms. The molecule has 5 nitrogen and oxygen atoms in total. The summed E-state index contributed by atoms with van der Waals surface area (Å²) in [4.78, 5) is 24.3. The zero-order chi connectivity index (χ0) is 24.3. The van der Waals surface area contributed by atoms with Gasteiger partial charge in [-0.15, -0.1) is 0 Å². The van der Waals surface area contributed by atoms with Gasteiger partial charge >= 0.3 is 5.97 Å². The van der Waals surface area contributed by atoms with Crippen molar-refractivity contribution in [1.29, 1.82) is 0 Å². The van der Waals surface area contributed by atoms with Gasteiger partial charge < -0.3 is 14.4 Å². The van der Waals surface area contributed by atoms with E-state index in [1.54, 1.807) is 7.05 Å². The molecular formula is C29H31NO4. The minimum absolute atomic E-state index is 0.254. The van der Waals surface area contributed by atoms with Gasteiger partial charge in [0.05, 0.1) is 6.54 Å². The molecule has 0 aliphatic rings. The van der Waals surface area contributed by atoms with Gasteiger partial charge in [0.15, 0.2) is 6.61 Å². The highest BCUT2D eigenvalue weighted by molar-refractivity contribution is 5.98. The number of ether oxygens (including phenoxy) is 2. The van der Waals surface area contributed by atoms with Gasteiger partial charge in [0.25, 0.3) is 5.91 Å². The average Bonchev–Trinajstić information content (AvgIpc) is 2.87. The summed E-state index contributed by atoms with van der Waals surface area (Å²) in [7, 11) is 1.66. The number of hydrogen-bond acceptors (Lipinski definition) is 4. The molecule has 1 amide bonds. The van der Waals surface area contributed by atoms with Gasteiger partial charge in [-0.3, -0.25) is 9.59 Å². The largest absolute Gasteiger partial charge is 0.492 e. The van der Waals surface area contributed by atoms with Crippen LogP contribution in [-0.2, 0) is 14.3 Å². The van der Waals surface area contributed by atoms with Crippen LogP contribution in [0.15, 0.2) is 84.9 Å². The predicted octanol–water partition coefficient (Wildman–Crippen LogP) is 5.46. The highest BCUT2D eigenvalue weighted by Gasteiger charge is 2.13. The van der Waals surface area contributed by atoms with Crippen molar-refractivity contribution in [3.8, 4) is 5.75 Å². The highest BCUT2D eigenvalue weighted by atomic mass is 16.5. The van der Waals surface area contributed by atoms with Crippen molar-refractivity contribution in [2.24, 2.45) is 0 Å². The van der Waals surface area contributed by atoms with Crippen LogP contribution in [0.5, 0.6) is 5.75 Å². The molecule has 0 aliphatic heterocycles. The summed E-state index contributed by atoms with van der Waals surface area (Å²) in [6, 6.07) is 29.0. The lowest BCUT2D eigenvalue weighted by Gasteiger charge is -2.18. The van der Waals surface area contributed by atoms with Crippen molar-refractivity contribution in [2.45, 2.75) is 20.3 Å². The van der Waals surface area contributed by atoms with Gasteiger partial charge in [0.1, 0.15) is 12.4 Å². The van der Waals surface area contributed by atoms with Crippen molar-refractivity contribution < 1.29 is 19.1 Å². The SMILES string of the molecule is CC/C(=C(/c1ccccc1)c1ccc(OCCN(C)C(=O)COC(C)=O)cc1)c1ccccc1. The lowest BCUT2D eigenvalue weighted by Crippen LogP contribution is -2.34. The number of allylic oxidation sites excluding steroid dienone is 1. The first kappa shape index (κ1) is 24.8. The Morgan fingerprint density at radius 1 is 0.794 bits per heavy atom. The summed E-state index contributed by atoms with van der Waals surface area (Å²) in [6.07, 6.45) is 0.903. The topological polar surface area (TPSA) is 55.8 Å². The van der Waals surface area contributed by atoms with E-state index in [4.69, 9.17) is 9.47 Å². The second-order valence-electron chi connectivity index (χ2n) is 7.91. The minimum atomic E-state index is -0.472. The number of hydrogen-bond donors (Lipinski definition) is 0. The van der Waals surface area contributed by atoms with E-state index < -0.39 is 5.97 Å². The summed E-state index contributed by atoms with van der Waals surface area (Å²) >= 11 is 0. The second kappa shape index (κ2) is 12.4. The van der Waals surface area contributed by atoms with E-state index in [9.17, 15) is 9.59 Å². The molecule has 0 N–H and O–H groups in total. The van der Waals surface area contributed by atoms with E-state index in [1.807, 2.05) is 24.3 Å². The lowest BCUT2D eigenvalue weighted by molar-refractivity contribution is -0.149. The Bertz CT molecular complexity index is 1110. The molecule has 3 aromatic rings. The van der Waals surface area contributed by atoms with Gasteiger partial charge in [-0.1, -0.05) is 79.7 Å². The Labute approximate surface area is 201 Å². The molecule has 3 aromatic carbocycles. The van der Waals surface area contributed by atoms with Crippen LogP contribution in [0.25, 0.3) is 11.1 Å². The van der Waals surface area contributed by atoms with Gasteiger partial charge in [0.2, 0.25) is 0 Å². The van der Waals surface area contributed by atoms with Crippen LogP contribution >= 0.6 is 0 Å². The molecule has 0 radical (unpaired) electrons. The molecule has 0 heterocycles. The van der Waals surface area contributed by atoms with Crippen LogP contribution < -0.4 is 4.74 Å². The summed E-state index contributed by atoms with van der Waals surface area (Å²) in [5, 5.41) is 0. The Morgan fingerprint density at radius 2 is 1.35 bits per heavy atom. The summed E-state index contributed by atoms with van der Waals surface area (Å²) < 4.78 is 10.6. The standard InChI is InChI=1S/C29H31NO4/c1-4-27(23-11-7-5-8-12-23)29(24-13-9-6-10-14-24)25-15-17-26(18-16-25)33-20-19-30(3)28(32)21-34-22(2)31/h5-18H,4,19-21H2,1-3H3/b29-27+. The normalized spacial score (nSPS) is 11.4. The minimum Gasteiger partial charge on any atom is -0.492 e. The third-order valence-electron chi connectivity index (χ3n) is 5.50. The van der Waals surface area contributed by atoms with Crippen LogP contribution in [0.1, 0.15) is 37.0 Å². The fourth-order valence-electron chi connectivity index (χ4n) is 3.70. The quantitative estimate of drug-likeness (QED) is 0.300.